The second-order valence-corrected chi connectivity index (χ2v) is 3.83. The van der Waals surface area contributed by atoms with Gasteiger partial charge in [0, 0.05) is 0 Å². The minimum Gasteiger partial charge on any atom is -0.366 e. The fourth-order valence-corrected chi connectivity index (χ4v) is 1.71. The van der Waals surface area contributed by atoms with Crippen LogP contribution >= 0.6 is 0 Å². The topological polar surface area (TPSA) is 35.2 Å². The van der Waals surface area contributed by atoms with Crippen LogP contribution in [0.2, 0.25) is 0 Å². The SMILES string of the molecule is CCCCC(CC)(CC)COCN. The standard InChI is InChI=1S/C11H25NO/c1-4-7-8-11(5-2,6-3)9-13-10-12/h4-10,12H2,1-3H3. The minimum atomic E-state index is 0.355. The zero-order valence-corrected chi connectivity index (χ0v) is 9.44. The van der Waals surface area contributed by atoms with Gasteiger partial charge in [0.1, 0.15) is 0 Å². The van der Waals surface area contributed by atoms with Crippen molar-refractivity contribution < 1.29 is 4.74 Å². The first-order valence-corrected chi connectivity index (χ1v) is 5.52. The lowest BCUT2D eigenvalue weighted by Gasteiger charge is -2.31. The van der Waals surface area contributed by atoms with Gasteiger partial charge in [-0.05, 0) is 24.7 Å². The maximum atomic E-state index is 5.36. The van der Waals surface area contributed by atoms with Crippen LogP contribution in [0.4, 0.5) is 0 Å². The van der Waals surface area contributed by atoms with Crippen LogP contribution in [0.3, 0.4) is 0 Å². The Morgan fingerprint density at radius 2 is 1.77 bits per heavy atom. The third-order valence-corrected chi connectivity index (χ3v) is 3.09. The van der Waals surface area contributed by atoms with Gasteiger partial charge >= 0.3 is 0 Å². The molecule has 0 rings (SSSR count). The molecular formula is C11H25NO. The number of rotatable bonds is 8. The van der Waals surface area contributed by atoms with Crippen molar-refractivity contribution >= 4 is 0 Å². The summed E-state index contributed by atoms with van der Waals surface area (Å²) in [7, 11) is 0. The average molecular weight is 187 g/mol. The molecule has 0 bridgehead atoms. The number of nitrogens with two attached hydrogens (primary N) is 1. The summed E-state index contributed by atoms with van der Waals surface area (Å²) < 4.78 is 5.36. The number of hydrogen-bond donors (Lipinski definition) is 1. The van der Waals surface area contributed by atoms with E-state index in [1.54, 1.807) is 0 Å². The normalized spacial score (nSPS) is 12.0. The Kier molecular flexibility index (Phi) is 7.29. The monoisotopic (exact) mass is 187 g/mol. The summed E-state index contributed by atoms with van der Waals surface area (Å²) >= 11 is 0. The van der Waals surface area contributed by atoms with Crippen molar-refractivity contribution in [3.05, 3.63) is 0 Å². The summed E-state index contributed by atoms with van der Waals surface area (Å²) in [5.74, 6) is 0. The van der Waals surface area contributed by atoms with Crippen LogP contribution in [0.15, 0.2) is 0 Å². The lowest BCUT2D eigenvalue weighted by atomic mass is 9.79. The lowest BCUT2D eigenvalue weighted by Crippen LogP contribution is -2.27. The molecule has 0 aliphatic carbocycles. The highest BCUT2D eigenvalue weighted by molar-refractivity contribution is 4.75. The molecule has 13 heavy (non-hydrogen) atoms. The Morgan fingerprint density at radius 3 is 2.15 bits per heavy atom. The maximum absolute atomic E-state index is 5.36. The average Bonchev–Trinajstić information content (AvgIpc) is 2.20. The molecule has 0 heterocycles. The highest BCUT2D eigenvalue weighted by Crippen LogP contribution is 2.32. The zero-order chi connectivity index (χ0) is 10.2. The second-order valence-electron chi connectivity index (χ2n) is 3.83. The Hall–Kier alpha value is -0.0800. The molecule has 2 N–H and O–H groups in total. The summed E-state index contributed by atoms with van der Waals surface area (Å²) in [6, 6.07) is 0. The van der Waals surface area contributed by atoms with Crippen molar-refractivity contribution in [2.24, 2.45) is 11.1 Å². The molecule has 0 aliphatic heterocycles. The Labute approximate surface area is 82.8 Å². The van der Waals surface area contributed by atoms with Gasteiger partial charge in [0.2, 0.25) is 0 Å². The first-order chi connectivity index (χ1) is 6.24. The van der Waals surface area contributed by atoms with Crippen LogP contribution in [-0.4, -0.2) is 13.3 Å². The molecule has 2 heteroatoms. The van der Waals surface area contributed by atoms with Crippen LogP contribution < -0.4 is 5.73 Å². The number of unbranched alkanes of at least 4 members (excludes halogenated alkanes) is 1. The van der Waals surface area contributed by atoms with E-state index in [0.717, 1.165) is 6.61 Å². The first kappa shape index (κ1) is 12.9. The summed E-state index contributed by atoms with van der Waals surface area (Å²) in [4.78, 5) is 0. The van der Waals surface area contributed by atoms with E-state index in [-0.39, 0.29) is 0 Å². The molecule has 0 radical (unpaired) electrons. The van der Waals surface area contributed by atoms with E-state index in [4.69, 9.17) is 10.5 Å². The van der Waals surface area contributed by atoms with E-state index in [1.807, 2.05) is 0 Å². The van der Waals surface area contributed by atoms with Gasteiger partial charge in [-0.15, -0.1) is 0 Å². The van der Waals surface area contributed by atoms with E-state index in [1.165, 1.54) is 32.1 Å². The molecule has 0 amide bonds. The van der Waals surface area contributed by atoms with Crippen LogP contribution in [0.1, 0.15) is 52.9 Å². The molecule has 0 aromatic heterocycles. The molecule has 0 fully saturated rings. The summed E-state index contributed by atoms with van der Waals surface area (Å²) in [5.41, 5.74) is 5.74. The maximum Gasteiger partial charge on any atom is 0.0940 e. The van der Waals surface area contributed by atoms with Crippen molar-refractivity contribution in [1.29, 1.82) is 0 Å². The molecule has 0 aromatic carbocycles. The molecule has 0 aliphatic rings. The quantitative estimate of drug-likeness (QED) is 0.593. The van der Waals surface area contributed by atoms with Crippen molar-refractivity contribution in [3.63, 3.8) is 0 Å². The van der Waals surface area contributed by atoms with Crippen molar-refractivity contribution in [2.45, 2.75) is 52.9 Å². The predicted octanol–water partition coefficient (Wildman–Crippen LogP) is 2.92. The third-order valence-electron chi connectivity index (χ3n) is 3.09. The zero-order valence-electron chi connectivity index (χ0n) is 9.44. The minimum absolute atomic E-state index is 0.355. The smallest absolute Gasteiger partial charge is 0.0940 e. The molecule has 0 saturated carbocycles. The van der Waals surface area contributed by atoms with E-state index < -0.39 is 0 Å². The Bertz CT molecular complexity index is 101. The Morgan fingerprint density at radius 1 is 1.15 bits per heavy atom. The van der Waals surface area contributed by atoms with Crippen LogP contribution in [0.25, 0.3) is 0 Å². The van der Waals surface area contributed by atoms with E-state index in [9.17, 15) is 0 Å². The van der Waals surface area contributed by atoms with Gasteiger partial charge in [-0.25, -0.2) is 0 Å². The molecular weight excluding hydrogens is 162 g/mol. The first-order valence-electron chi connectivity index (χ1n) is 5.52. The number of ether oxygens (including phenoxy) is 1. The van der Waals surface area contributed by atoms with Gasteiger partial charge in [0.25, 0.3) is 0 Å². The van der Waals surface area contributed by atoms with Gasteiger partial charge in [0.15, 0.2) is 0 Å². The van der Waals surface area contributed by atoms with Crippen molar-refractivity contribution in [2.75, 3.05) is 13.3 Å². The molecule has 80 valence electrons. The van der Waals surface area contributed by atoms with Gasteiger partial charge in [-0.2, -0.15) is 0 Å². The Balaban J connectivity index is 3.97. The molecule has 0 saturated heterocycles. The third kappa shape index (κ3) is 4.63. The van der Waals surface area contributed by atoms with E-state index in [2.05, 4.69) is 20.8 Å². The number of hydrogen-bond acceptors (Lipinski definition) is 2. The van der Waals surface area contributed by atoms with Gasteiger partial charge in [0.05, 0.1) is 13.3 Å². The van der Waals surface area contributed by atoms with Crippen LogP contribution in [0.5, 0.6) is 0 Å². The van der Waals surface area contributed by atoms with Gasteiger partial charge in [-0.3, -0.25) is 0 Å². The highest BCUT2D eigenvalue weighted by atomic mass is 16.5. The summed E-state index contributed by atoms with van der Waals surface area (Å²) in [6.07, 6.45) is 6.24. The molecule has 0 spiro atoms. The largest absolute Gasteiger partial charge is 0.366 e. The molecule has 0 aromatic rings. The predicted molar refractivity (Wildman–Crippen MR) is 57.5 cm³/mol. The van der Waals surface area contributed by atoms with Crippen LogP contribution in [-0.2, 0) is 4.74 Å². The van der Waals surface area contributed by atoms with E-state index >= 15 is 0 Å². The summed E-state index contributed by atoms with van der Waals surface area (Å²) in [6.45, 7) is 7.92. The fraction of sp³-hybridized carbons (Fsp3) is 1.00. The fourth-order valence-electron chi connectivity index (χ4n) is 1.71. The summed E-state index contributed by atoms with van der Waals surface area (Å²) in [5, 5.41) is 0. The lowest BCUT2D eigenvalue weighted by molar-refractivity contribution is 0.0342. The highest BCUT2D eigenvalue weighted by Gasteiger charge is 2.25. The molecule has 0 unspecified atom stereocenters. The van der Waals surface area contributed by atoms with Gasteiger partial charge < -0.3 is 10.5 Å². The van der Waals surface area contributed by atoms with Crippen molar-refractivity contribution in [1.82, 2.24) is 0 Å². The second kappa shape index (κ2) is 7.34. The molecule has 0 atom stereocenters. The van der Waals surface area contributed by atoms with Crippen molar-refractivity contribution in [3.8, 4) is 0 Å². The van der Waals surface area contributed by atoms with E-state index in [0.29, 0.717) is 12.1 Å². The van der Waals surface area contributed by atoms with Gasteiger partial charge in [-0.1, -0.05) is 33.6 Å². The van der Waals surface area contributed by atoms with Crippen LogP contribution in [0, 0.1) is 5.41 Å². The molecule has 2 nitrogen and oxygen atoms in total.